The Labute approximate surface area is 109 Å². The molecule has 0 saturated heterocycles. The molecular weight excluding hydrogens is 228 g/mol. The van der Waals surface area contributed by atoms with Gasteiger partial charge in [-0.3, -0.25) is 4.99 Å². The highest BCUT2D eigenvalue weighted by atomic mass is 16.5. The van der Waals surface area contributed by atoms with Crippen molar-refractivity contribution < 1.29 is 9.47 Å². The van der Waals surface area contributed by atoms with E-state index in [1.807, 2.05) is 18.2 Å². The van der Waals surface area contributed by atoms with Gasteiger partial charge >= 0.3 is 0 Å². The van der Waals surface area contributed by atoms with E-state index >= 15 is 0 Å². The van der Waals surface area contributed by atoms with Crippen LogP contribution in [0.25, 0.3) is 0 Å². The van der Waals surface area contributed by atoms with Crippen LogP contribution in [-0.2, 0) is 6.42 Å². The molecule has 4 heteroatoms. The van der Waals surface area contributed by atoms with E-state index in [0.717, 1.165) is 36.6 Å². The van der Waals surface area contributed by atoms with E-state index in [-0.39, 0.29) is 0 Å². The van der Waals surface area contributed by atoms with Crippen molar-refractivity contribution in [1.82, 2.24) is 0 Å². The highest BCUT2D eigenvalue weighted by Gasteiger charge is 2.04. The van der Waals surface area contributed by atoms with Crippen molar-refractivity contribution in [3.63, 3.8) is 0 Å². The second kappa shape index (κ2) is 7.58. The molecule has 0 saturated carbocycles. The van der Waals surface area contributed by atoms with Crippen molar-refractivity contribution in [3.05, 3.63) is 23.8 Å². The second-order valence-corrected chi connectivity index (χ2v) is 4.06. The summed E-state index contributed by atoms with van der Waals surface area (Å²) in [6, 6.07) is 5.91. The van der Waals surface area contributed by atoms with Crippen LogP contribution in [0.2, 0.25) is 0 Å². The molecule has 18 heavy (non-hydrogen) atoms. The van der Waals surface area contributed by atoms with Crippen LogP contribution in [0.1, 0.15) is 25.3 Å². The lowest BCUT2D eigenvalue weighted by atomic mass is 10.1. The largest absolute Gasteiger partial charge is 0.493 e. The van der Waals surface area contributed by atoms with E-state index in [9.17, 15) is 0 Å². The number of aliphatic imine (C=N–C) groups is 1. The normalized spacial score (nSPS) is 11.4. The minimum atomic E-state index is 0.710. The van der Waals surface area contributed by atoms with Crippen LogP contribution in [-0.4, -0.2) is 26.6 Å². The summed E-state index contributed by atoms with van der Waals surface area (Å²) in [5.41, 5.74) is 6.92. The molecule has 4 nitrogen and oxygen atoms in total. The third-order valence-corrected chi connectivity index (χ3v) is 2.67. The van der Waals surface area contributed by atoms with Crippen LogP contribution in [0.15, 0.2) is 23.2 Å². The van der Waals surface area contributed by atoms with Crippen molar-refractivity contribution in [3.8, 4) is 11.5 Å². The Morgan fingerprint density at radius 2 is 1.94 bits per heavy atom. The fraction of sp³-hybridized carbons (Fsp3) is 0.500. The summed E-state index contributed by atoms with van der Waals surface area (Å²) < 4.78 is 10.5. The molecular formula is C14H22N2O2. The lowest BCUT2D eigenvalue weighted by molar-refractivity contribution is 0.354. The zero-order valence-corrected chi connectivity index (χ0v) is 11.4. The van der Waals surface area contributed by atoms with Crippen LogP contribution in [0.3, 0.4) is 0 Å². The van der Waals surface area contributed by atoms with Crippen molar-refractivity contribution in [2.75, 3.05) is 20.8 Å². The monoisotopic (exact) mass is 250 g/mol. The van der Waals surface area contributed by atoms with Gasteiger partial charge in [-0.25, -0.2) is 0 Å². The van der Waals surface area contributed by atoms with Crippen molar-refractivity contribution in [1.29, 1.82) is 0 Å². The maximum Gasteiger partial charge on any atom is 0.160 e. The predicted molar refractivity (Wildman–Crippen MR) is 74.6 cm³/mol. The molecule has 0 aliphatic carbocycles. The van der Waals surface area contributed by atoms with Gasteiger partial charge < -0.3 is 15.2 Å². The molecule has 0 aromatic heterocycles. The smallest absolute Gasteiger partial charge is 0.160 e. The lowest BCUT2D eigenvalue weighted by Crippen LogP contribution is -2.12. The summed E-state index contributed by atoms with van der Waals surface area (Å²) in [6.07, 6.45) is 2.75. The van der Waals surface area contributed by atoms with Gasteiger partial charge in [-0.1, -0.05) is 13.0 Å². The molecule has 1 rings (SSSR count). The standard InChI is InChI=1S/C14H22N2O2/c1-4-5-14(15)16-9-8-11-6-7-12(17-2)13(10-11)18-3/h6-7,10H,4-5,8-9H2,1-3H3,(H2,15,16). The van der Waals surface area contributed by atoms with Gasteiger partial charge in [0.05, 0.1) is 20.1 Å². The molecule has 0 aliphatic heterocycles. The van der Waals surface area contributed by atoms with E-state index in [2.05, 4.69) is 11.9 Å². The Morgan fingerprint density at radius 1 is 1.22 bits per heavy atom. The van der Waals surface area contributed by atoms with E-state index < -0.39 is 0 Å². The summed E-state index contributed by atoms with van der Waals surface area (Å²) in [5.74, 6) is 2.23. The summed E-state index contributed by atoms with van der Waals surface area (Å²) >= 11 is 0. The van der Waals surface area contributed by atoms with Crippen molar-refractivity contribution in [2.24, 2.45) is 10.7 Å². The topological polar surface area (TPSA) is 56.8 Å². The molecule has 100 valence electrons. The first kappa shape index (κ1) is 14.4. The molecule has 1 aromatic rings. The Kier molecular flexibility index (Phi) is 6.05. The minimum Gasteiger partial charge on any atom is -0.493 e. The maximum absolute atomic E-state index is 5.76. The predicted octanol–water partition coefficient (Wildman–Crippen LogP) is 2.40. The zero-order chi connectivity index (χ0) is 13.4. The van der Waals surface area contributed by atoms with Gasteiger partial charge in [0.25, 0.3) is 0 Å². The van der Waals surface area contributed by atoms with E-state index in [4.69, 9.17) is 15.2 Å². The van der Waals surface area contributed by atoms with Gasteiger partial charge in [-0.2, -0.15) is 0 Å². The zero-order valence-electron chi connectivity index (χ0n) is 11.4. The Hall–Kier alpha value is -1.71. The van der Waals surface area contributed by atoms with Gasteiger partial charge in [-0.15, -0.1) is 0 Å². The van der Waals surface area contributed by atoms with Crippen LogP contribution in [0.4, 0.5) is 0 Å². The number of hydrogen-bond acceptors (Lipinski definition) is 3. The first-order chi connectivity index (χ1) is 8.71. The molecule has 2 N–H and O–H groups in total. The fourth-order valence-corrected chi connectivity index (χ4v) is 1.70. The summed E-state index contributed by atoms with van der Waals surface area (Å²) in [6.45, 7) is 2.80. The quantitative estimate of drug-likeness (QED) is 0.597. The highest BCUT2D eigenvalue weighted by molar-refractivity contribution is 5.80. The SMILES string of the molecule is CCCC(N)=NCCc1ccc(OC)c(OC)c1. The Bertz CT molecular complexity index is 403. The van der Waals surface area contributed by atoms with E-state index in [1.54, 1.807) is 14.2 Å². The van der Waals surface area contributed by atoms with Gasteiger partial charge in [0, 0.05) is 13.0 Å². The molecule has 0 heterocycles. The molecule has 0 fully saturated rings. The van der Waals surface area contributed by atoms with Crippen LogP contribution in [0, 0.1) is 0 Å². The molecule has 0 spiro atoms. The van der Waals surface area contributed by atoms with Gasteiger partial charge in [0.1, 0.15) is 0 Å². The number of ether oxygens (including phenoxy) is 2. The average Bonchev–Trinajstić information content (AvgIpc) is 2.38. The molecule has 0 radical (unpaired) electrons. The first-order valence-corrected chi connectivity index (χ1v) is 6.21. The maximum atomic E-state index is 5.76. The number of methoxy groups -OCH3 is 2. The number of hydrogen-bond donors (Lipinski definition) is 1. The first-order valence-electron chi connectivity index (χ1n) is 6.21. The molecule has 1 aromatic carbocycles. The molecule has 0 aliphatic rings. The number of nitrogens with zero attached hydrogens (tertiary/aromatic N) is 1. The van der Waals surface area contributed by atoms with Crippen LogP contribution >= 0.6 is 0 Å². The Morgan fingerprint density at radius 3 is 2.56 bits per heavy atom. The van der Waals surface area contributed by atoms with Crippen molar-refractivity contribution >= 4 is 5.84 Å². The van der Waals surface area contributed by atoms with Gasteiger partial charge in [0.15, 0.2) is 11.5 Å². The minimum absolute atomic E-state index is 0.710. The summed E-state index contributed by atoms with van der Waals surface area (Å²) in [5, 5.41) is 0. The van der Waals surface area contributed by atoms with Gasteiger partial charge in [-0.05, 0) is 30.5 Å². The van der Waals surface area contributed by atoms with E-state index in [0.29, 0.717) is 6.54 Å². The molecule has 0 unspecified atom stereocenters. The molecule has 0 atom stereocenters. The molecule has 0 bridgehead atoms. The number of rotatable bonds is 7. The second-order valence-electron chi connectivity index (χ2n) is 4.06. The molecule has 0 amide bonds. The van der Waals surface area contributed by atoms with Crippen LogP contribution < -0.4 is 15.2 Å². The lowest BCUT2D eigenvalue weighted by Gasteiger charge is -2.09. The van der Waals surface area contributed by atoms with Crippen LogP contribution in [0.5, 0.6) is 11.5 Å². The third kappa shape index (κ3) is 4.28. The highest BCUT2D eigenvalue weighted by Crippen LogP contribution is 2.27. The average molecular weight is 250 g/mol. The van der Waals surface area contributed by atoms with E-state index in [1.165, 1.54) is 5.56 Å². The third-order valence-electron chi connectivity index (χ3n) is 2.67. The van der Waals surface area contributed by atoms with Crippen molar-refractivity contribution in [2.45, 2.75) is 26.2 Å². The number of amidine groups is 1. The summed E-state index contributed by atoms with van der Waals surface area (Å²) in [4.78, 5) is 4.33. The Balaban J connectivity index is 2.60. The fourth-order valence-electron chi connectivity index (χ4n) is 1.70. The summed E-state index contributed by atoms with van der Waals surface area (Å²) in [7, 11) is 3.27. The number of benzene rings is 1. The number of nitrogens with two attached hydrogens (primary N) is 1. The van der Waals surface area contributed by atoms with Gasteiger partial charge in [0.2, 0.25) is 0 Å².